The van der Waals surface area contributed by atoms with Gasteiger partial charge in [0.1, 0.15) is 6.17 Å². The molecule has 1 aliphatic heterocycles. The molecule has 0 aromatic carbocycles. The second-order valence-electron chi connectivity index (χ2n) is 6.33. The molecule has 2 heterocycles. The van der Waals surface area contributed by atoms with Crippen LogP contribution >= 0.6 is 11.3 Å². The maximum absolute atomic E-state index is 12.8. The maximum atomic E-state index is 12.8. The van der Waals surface area contributed by atoms with Gasteiger partial charge in [-0.3, -0.25) is 10.1 Å². The first kappa shape index (κ1) is 15.0. The highest BCUT2D eigenvalue weighted by Gasteiger charge is 2.42. The van der Waals surface area contributed by atoms with Crippen molar-refractivity contribution in [2.75, 3.05) is 0 Å². The van der Waals surface area contributed by atoms with E-state index in [1.165, 1.54) is 50.5 Å². The van der Waals surface area contributed by atoms with Gasteiger partial charge in [0.2, 0.25) is 5.91 Å². The van der Waals surface area contributed by atoms with Crippen LogP contribution in [0.25, 0.3) is 0 Å². The van der Waals surface area contributed by atoms with E-state index in [0.29, 0.717) is 11.9 Å². The number of hydrogen-bond donors (Lipinski definition) is 1. The Kier molecular flexibility index (Phi) is 4.96. The summed E-state index contributed by atoms with van der Waals surface area (Å²) in [5, 5.41) is 7.85. The normalized spacial score (nSPS) is 28.6. The lowest BCUT2D eigenvalue weighted by atomic mass is 9.95. The molecule has 1 aromatic rings. The molecular weight excluding hydrogens is 280 g/mol. The van der Waals surface area contributed by atoms with Crippen LogP contribution in [0, 0.1) is 0 Å². The molecule has 2 fully saturated rings. The quantitative estimate of drug-likeness (QED) is 0.913. The fraction of sp³-hybridized carbons (Fsp3) is 0.706. The first-order chi connectivity index (χ1) is 10.3. The Bertz CT molecular complexity index is 451. The largest absolute Gasteiger partial charge is 0.319 e. The standard InChI is InChI=1S/C17H26N2OS/c1-2-15-17(20)19(14-8-6-4-3-5-7-9-14)16(18-15)13-10-11-21-12-13/h10-12,14-16,18H,2-9H2,1H3. The predicted molar refractivity (Wildman–Crippen MR) is 87.2 cm³/mol. The van der Waals surface area contributed by atoms with Crippen molar-refractivity contribution in [3.63, 3.8) is 0 Å². The summed E-state index contributed by atoms with van der Waals surface area (Å²) in [5.41, 5.74) is 1.26. The first-order valence-electron chi connectivity index (χ1n) is 8.41. The van der Waals surface area contributed by atoms with Crippen molar-refractivity contribution in [1.82, 2.24) is 10.2 Å². The van der Waals surface area contributed by atoms with Gasteiger partial charge in [0, 0.05) is 6.04 Å². The van der Waals surface area contributed by atoms with Crippen molar-refractivity contribution in [2.45, 2.75) is 76.5 Å². The van der Waals surface area contributed by atoms with E-state index < -0.39 is 0 Å². The first-order valence-corrected chi connectivity index (χ1v) is 9.36. The molecule has 1 aromatic heterocycles. The van der Waals surface area contributed by atoms with Crippen LogP contribution in [0.3, 0.4) is 0 Å². The smallest absolute Gasteiger partial charge is 0.241 e. The van der Waals surface area contributed by atoms with Gasteiger partial charge in [-0.2, -0.15) is 11.3 Å². The fourth-order valence-corrected chi connectivity index (χ4v) is 4.41. The summed E-state index contributed by atoms with van der Waals surface area (Å²) in [6.07, 6.45) is 9.86. The van der Waals surface area contributed by atoms with Crippen molar-refractivity contribution in [3.8, 4) is 0 Å². The molecule has 21 heavy (non-hydrogen) atoms. The highest BCUT2D eigenvalue weighted by Crippen LogP contribution is 2.34. The van der Waals surface area contributed by atoms with Gasteiger partial charge in [-0.15, -0.1) is 0 Å². The van der Waals surface area contributed by atoms with Crippen LogP contribution < -0.4 is 5.32 Å². The predicted octanol–water partition coefficient (Wildman–Crippen LogP) is 4.07. The third kappa shape index (κ3) is 3.16. The van der Waals surface area contributed by atoms with Crippen molar-refractivity contribution >= 4 is 17.2 Å². The molecule has 116 valence electrons. The number of nitrogens with one attached hydrogen (secondary N) is 1. The summed E-state index contributed by atoms with van der Waals surface area (Å²) < 4.78 is 0. The maximum Gasteiger partial charge on any atom is 0.241 e. The number of carbonyl (C=O) groups is 1. The average Bonchev–Trinajstić information content (AvgIpc) is 3.07. The second-order valence-corrected chi connectivity index (χ2v) is 7.11. The summed E-state index contributed by atoms with van der Waals surface area (Å²) in [4.78, 5) is 15.0. The molecule has 4 heteroatoms. The lowest BCUT2D eigenvalue weighted by molar-refractivity contribution is -0.132. The van der Waals surface area contributed by atoms with E-state index >= 15 is 0 Å². The van der Waals surface area contributed by atoms with Gasteiger partial charge in [-0.1, -0.05) is 39.0 Å². The Morgan fingerprint density at radius 1 is 1.24 bits per heavy atom. The molecule has 2 unspecified atom stereocenters. The van der Waals surface area contributed by atoms with E-state index in [1.807, 2.05) is 0 Å². The Hall–Kier alpha value is -0.870. The molecule has 2 aliphatic rings. The number of amides is 1. The van der Waals surface area contributed by atoms with E-state index in [9.17, 15) is 4.79 Å². The van der Waals surface area contributed by atoms with Crippen molar-refractivity contribution in [1.29, 1.82) is 0 Å². The molecule has 0 spiro atoms. The number of hydrogen-bond acceptors (Lipinski definition) is 3. The Balaban J connectivity index is 1.82. The van der Waals surface area contributed by atoms with Crippen LogP contribution in [0.4, 0.5) is 0 Å². The number of carbonyl (C=O) groups excluding carboxylic acids is 1. The Morgan fingerprint density at radius 3 is 2.57 bits per heavy atom. The van der Waals surface area contributed by atoms with E-state index in [-0.39, 0.29) is 12.2 Å². The van der Waals surface area contributed by atoms with Gasteiger partial charge in [0.15, 0.2) is 0 Å². The summed E-state index contributed by atoms with van der Waals surface area (Å²) in [6, 6.07) is 2.58. The summed E-state index contributed by atoms with van der Waals surface area (Å²) in [6.45, 7) is 2.10. The average molecular weight is 306 g/mol. The lowest BCUT2D eigenvalue weighted by Crippen LogP contribution is -2.40. The number of thiophene rings is 1. The molecule has 1 N–H and O–H groups in total. The molecule has 0 bridgehead atoms. The van der Waals surface area contributed by atoms with E-state index in [2.05, 4.69) is 34.0 Å². The molecule has 1 saturated carbocycles. The van der Waals surface area contributed by atoms with Crippen molar-refractivity contribution in [3.05, 3.63) is 22.4 Å². The summed E-state index contributed by atoms with van der Waals surface area (Å²) in [7, 11) is 0. The highest BCUT2D eigenvalue weighted by atomic mass is 32.1. The van der Waals surface area contributed by atoms with Gasteiger partial charge in [0.05, 0.1) is 6.04 Å². The minimum Gasteiger partial charge on any atom is -0.319 e. The zero-order valence-corrected chi connectivity index (χ0v) is 13.7. The molecule has 3 rings (SSSR count). The molecular formula is C17H26N2OS. The molecule has 2 atom stereocenters. The van der Waals surface area contributed by atoms with Gasteiger partial charge in [0.25, 0.3) is 0 Å². The topological polar surface area (TPSA) is 32.3 Å². The third-order valence-electron chi connectivity index (χ3n) is 4.93. The van der Waals surface area contributed by atoms with Crippen LogP contribution in [-0.2, 0) is 4.79 Å². The SMILES string of the molecule is CCC1NC(c2ccsc2)N(C2CCCCCCC2)C1=O. The van der Waals surface area contributed by atoms with E-state index in [1.54, 1.807) is 11.3 Å². The van der Waals surface area contributed by atoms with Crippen molar-refractivity contribution < 1.29 is 4.79 Å². The molecule has 1 saturated heterocycles. The van der Waals surface area contributed by atoms with E-state index in [0.717, 1.165) is 6.42 Å². The van der Waals surface area contributed by atoms with Crippen LogP contribution in [0.2, 0.25) is 0 Å². The minimum atomic E-state index is 0.000315. The molecule has 1 aliphatic carbocycles. The van der Waals surface area contributed by atoms with Crippen LogP contribution in [0.5, 0.6) is 0 Å². The van der Waals surface area contributed by atoms with Gasteiger partial charge in [-0.25, -0.2) is 0 Å². The minimum absolute atomic E-state index is 0.000315. The molecule has 0 radical (unpaired) electrons. The van der Waals surface area contributed by atoms with E-state index in [4.69, 9.17) is 0 Å². The Morgan fingerprint density at radius 2 is 1.95 bits per heavy atom. The summed E-state index contributed by atoms with van der Waals surface area (Å²) >= 11 is 1.71. The van der Waals surface area contributed by atoms with Crippen LogP contribution in [0.1, 0.15) is 70.0 Å². The number of rotatable bonds is 3. The number of nitrogens with zero attached hydrogens (tertiary/aromatic N) is 1. The van der Waals surface area contributed by atoms with Crippen LogP contribution in [0.15, 0.2) is 16.8 Å². The third-order valence-corrected chi connectivity index (χ3v) is 5.63. The van der Waals surface area contributed by atoms with Crippen LogP contribution in [-0.4, -0.2) is 22.9 Å². The highest BCUT2D eigenvalue weighted by molar-refractivity contribution is 7.07. The van der Waals surface area contributed by atoms with Gasteiger partial charge >= 0.3 is 0 Å². The zero-order chi connectivity index (χ0) is 14.7. The lowest BCUT2D eigenvalue weighted by Gasteiger charge is -2.34. The van der Waals surface area contributed by atoms with Gasteiger partial charge < -0.3 is 4.90 Å². The Labute approximate surface area is 131 Å². The fourth-order valence-electron chi connectivity index (χ4n) is 3.73. The van der Waals surface area contributed by atoms with Crippen molar-refractivity contribution in [2.24, 2.45) is 0 Å². The monoisotopic (exact) mass is 306 g/mol. The van der Waals surface area contributed by atoms with Gasteiger partial charge in [-0.05, 0) is 41.7 Å². The second kappa shape index (κ2) is 6.93. The molecule has 1 amide bonds. The zero-order valence-electron chi connectivity index (χ0n) is 12.9. The molecule has 3 nitrogen and oxygen atoms in total. The summed E-state index contributed by atoms with van der Waals surface area (Å²) in [5.74, 6) is 0.319.